The lowest BCUT2D eigenvalue weighted by Gasteiger charge is -2.26. The summed E-state index contributed by atoms with van der Waals surface area (Å²) in [6, 6.07) is 12.8. The predicted molar refractivity (Wildman–Crippen MR) is 110 cm³/mol. The summed E-state index contributed by atoms with van der Waals surface area (Å²) in [4.78, 5) is 11.6. The van der Waals surface area contributed by atoms with Gasteiger partial charge in [0.15, 0.2) is 0 Å². The highest BCUT2D eigenvalue weighted by molar-refractivity contribution is 5.85. The van der Waals surface area contributed by atoms with Crippen LogP contribution in [-0.4, -0.2) is 54.3 Å². The van der Waals surface area contributed by atoms with Crippen LogP contribution in [0.1, 0.15) is 11.1 Å². The van der Waals surface area contributed by atoms with Crippen molar-refractivity contribution in [3.8, 4) is 11.1 Å². The topological polar surface area (TPSA) is 50.3 Å². The lowest BCUT2D eigenvalue weighted by Crippen LogP contribution is -2.39. The lowest BCUT2D eigenvalue weighted by atomic mass is 9.95. The van der Waals surface area contributed by atoms with Gasteiger partial charge in [0.05, 0.1) is 18.7 Å². The minimum absolute atomic E-state index is 0.690. The number of hydrogen-bond donors (Lipinski definition) is 1. The molecule has 0 radical (unpaired) electrons. The minimum Gasteiger partial charge on any atom is -0.379 e. The lowest BCUT2D eigenvalue weighted by molar-refractivity contribution is 0.0398. The summed E-state index contributed by atoms with van der Waals surface area (Å²) in [5, 5.41) is 4.41. The van der Waals surface area contributed by atoms with Gasteiger partial charge in [-0.25, -0.2) is 9.97 Å². The van der Waals surface area contributed by atoms with E-state index >= 15 is 0 Å². The molecule has 140 valence electrons. The van der Waals surface area contributed by atoms with E-state index in [-0.39, 0.29) is 0 Å². The summed E-state index contributed by atoms with van der Waals surface area (Å²) in [5.41, 5.74) is 6.06. The number of nitrogens with one attached hydrogen (secondary N) is 1. The molecule has 1 aromatic heterocycles. The third-order valence-electron chi connectivity index (χ3n) is 5.16. The molecule has 0 saturated carbocycles. The van der Waals surface area contributed by atoms with Crippen molar-refractivity contribution in [3.63, 3.8) is 0 Å². The Morgan fingerprint density at radius 2 is 1.85 bits per heavy atom. The van der Waals surface area contributed by atoms with Gasteiger partial charge in [0.1, 0.15) is 0 Å². The van der Waals surface area contributed by atoms with E-state index in [0.717, 1.165) is 50.3 Å². The van der Waals surface area contributed by atoms with Crippen molar-refractivity contribution in [2.75, 3.05) is 44.7 Å². The summed E-state index contributed by atoms with van der Waals surface area (Å²) >= 11 is 0. The van der Waals surface area contributed by atoms with Gasteiger partial charge in [-0.15, -0.1) is 0 Å². The van der Waals surface area contributed by atoms with Crippen molar-refractivity contribution < 1.29 is 4.74 Å². The molecule has 1 aliphatic heterocycles. The van der Waals surface area contributed by atoms with Crippen LogP contribution in [0.5, 0.6) is 0 Å². The van der Waals surface area contributed by atoms with E-state index in [1.807, 2.05) is 6.20 Å². The molecular formula is C22H26N4O. The first-order valence-electron chi connectivity index (χ1n) is 9.58. The van der Waals surface area contributed by atoms with Gasteiger partial charge in [-0.05, 0) is 48.2 Å². The zero-order valence-corrected chi connectivity index (χ0v) is 16.0. The maximum absolute atomic E-state index is 5.38. The third-order valence-corrected chi connectivity index (χ3v) is 5.16. The van der Waals surface area contributed by atoms with Crippen LogP contribution in [-0.2, 0) is 4.74 Å². The van der Waals surface area contributed by atoms with Crippen molar-refractivity contribution in [3.05, 3.63) is 53.7 Å². The number of aromatic nitrogens is 2. The first-order valence-corrected chi connectivity index (χ1v) is 9.58. The Hall–Kier alpha value is -2.50. The number of benzene rings is 2. The normalized spacial score (nSPS) is 15.2. The van der Waals surface area contributed by atoms with Gasteiger partial charge in [0, 0.05) is 37.8 Å². The van der Waals surface area contributed by atoms with Crippen LogP contribution < -0.4 is 5.32 Å². The molecule has 1 fully saturated rings. The predicted octanol–water partition coefficient (Wildman–Crippen LogP) is 3.66. The van der Waals surface area contributed by atoms with Crippen LogP contribution in [0.25, 0.3) is 22.0 Å². The molecule has 0 atom stereocenters. The molecule has 5 nitrogen and oxygen atoms in total. The Balaban J connectivity index is 1.48. The quantitative estimate of drug-likeness (QED) is 0.751. The Kier molecular flexibility index (Phi) is 5.32. The van der Waals surface area contributed by atoms with E-state index in [1.54, 1.807) is 0 Å². The second-order valence-corrected chi connectivity index (χ2v) is 7.11. The molecule has 1 aliphatic rings. The van der Waals surface area contributed by atoms with Gasteiger partial charge in [-0.1, -0.05) is 24.3 Å². The maximum Gasteiger partial charge on any atom is 0.223 e. The number of fused-ring (bicyclic) bond motifs is 1. The highest BCUT2D eigenvalue weighted by Crippen LogP contribution is 2.29. The zero-order valence-electron chi connectivity index (χ0n) is 16.0. The first kappa shape index (κ1) is 17.9. The van der Waals surface area contributed by atoms with Gasteiger partial charge in [0.2, 0.25) is 5.95 Å². The number of rotatable bonds is 5. The number of nitrogens with zero attached hydrogens (tertiary/aromatic N) is 3. The van der Waals surface area contributed by atoms with E-state index in [9.17, 15) is 0 Å². The van der Waals surface area contributed by atoms with E-state index in [1.165, 1.54) is 22.3 Å². The molecule has 27 heavy (non-hydrogen) atoms. The fraction of sp³-hybridized carbons (Fsp3) is 0.364. The Bertz CT molecular complexity index is 914. The largest absolute Gasteiger partial charge is 0.379 e. The van der Waals surface area contributed by atoms with Crippen molar-refractivity contribution in [1.29, 1.82) is 0 Å². The standard InChI is InChI=1S/C22H26N4O/c1-16-4-3-5-17(2)21(16)18-6-7-20-19(14-18)15-24-22(25-20)23-8-9-26-10-12-27-13-11-26/h3-7,14-15H,8-13H2,1-2H3,(H,23,24,25). The maximum atomic E-state index is 5.38. The molecular weight excluding hydrogens is 336 g/mol. The molecule has 5 heteroatoms. The molecule has 4 rings (SSSR count). The average Bonchev–Trinajstić information content (AvgIpc) is 2.69. The zero-order chi connectivity index (χ0) is 18.6. The SMILES string of the molecule is Cc1cccc(C)c1-c1ccc2nc(NCCN3CCOCC3)ncc2c1. The highest BCUT2D eigenvalue weighted by Gasteiger charge is 2.10. The second kappa shape index (κ2) is 8.03. The van der Waals surface area contributed by atoms with Crippen LogP contribution in [0, 0.1) is 13.8 Å². The van der Waals surface area contributed by atoms with Crippen molar-refractivity contribution in [2.45, 2.75) is 13.8 Å². The molecule has 1 saturated heterocycles. The summed E-state index contributed by atoms with van der Waals surface area (Å²) in [7, 11) is 0. The molecule has 0 spiro atoms. The summed E-state index contributed by atoms with van der Waals surface area (Å²) in [6.45, 7) is 9.80. The summed E-state index contributed by atoms with van der Waals surface area (Å²) in [5.74, 6) is 0.690. The molecule has 2 aromatic carbocycles. The van der Waals surface area contributed by atoms with Crippen LogP contribution >= 0.6 is 0 Å². The second-order valence-electron chi connectivity index (χ2n) is 7.11. The van der Waals surface area contributed by atoms with Gasteiger partial charge >= 0.3 is 0 Å². The Morgan fingerprint density at radius 1 is 1.07 bits per heavy atom. The highest BCUT2D eigenvalue weighted by atomic mass is 16.5. The Morgan fingerprint density at radius 3 is 2.63 bits per heavy atom. The molecule has 0 bridgehead atoms. The molecule has 0 unspecified atom stereocenters. The monoisotopic (exact) mass is 362 g/mol. The average molecular weight is 362 g/mol. The fourth-order valence-corrected chi connectivity index (χ4v) is 3.69. The fourth-order valence-electron chi connectivity index (χ4n) is 3.69. The summed E-state index contributed by atoms with van der Waals surface area (Å²) < 4.78 is 5.38. The van der Waals surface area contributed by atoms with Crippen LogP contribution in [0.2, 0.25) is 0 Å². The van der Waals surface area contributed by atoms with E-state index in [2.05, 4.69) is 70.4 Å². The first-order chi connectivity index (χ1) is 13.2. The smallest absolute Gasteiger partial charge is 0.223 e. The number of aryl methyl sites for hydroxylation is 2. The van der Waals surface area contributed by atoms with Crippen molar-refractivity contribution in [1.82, 2.24) is 14.9 Å². The number of morpholine rings is 1. The van der Waals surface area contributed by atoms with Gasteiger partial charge < -0.3 is 10.1 Å². The van der Waals surface area contributed by atoms with E-state index in [0.29, 0.717) is 5.95 Å². The summed E-state index contributed by atoms with van der Waals surface area (Å²) in [6.07, 6.45) is 1.91. The van der Waals surface area contributed by atoms with E-state index in [4.69, 9.17) is 4.74 Å². The molecule has 2 heterocycles. The van der Waals surface area contributed by atoms with Gasteiger partial charge in [-0.2, -0.15) is 0 Å². The number of hydrogen-bond acceptors (Lipinski definition) is 5. The molecule has 0 amide bonds. The van der Waals surface area contributed by atoms with Gasteiger partial charge in [-0.3, -0.25) is 4.90 Å². The third kappa shape index (κ3) is 4.10. The Labute approximate surface area is 160 Å². The molecule has 1 N–H and O–H groups in total. The van der Waals surface area contributed by atoms with Crippen molar-refractivity contribution >= 4 is 16.9 Å². The van der Waals surface area contributed by atoms with Crippen LogP contribution in [0.3, 0.4) is 0 Å². The number of anilines is 1. The van der Waals surface area contributed by atoms with Crippen LogP contribution in [0.15, 0.2) is 42.6 Å². The van der Waals surface area contributed by atoms with Gasteiger partial charge in [0.25, 0.3) is 0 Å². The van der Waals surface area contributed by atoms with Crippen molar-refractivity contribution in [2.24, 2.45) is 0 Å². The number of ether oxygens (including phenoxy) is 1. The minimum atomic E-state index is 0.690. The molecule has 3 aromatic rings. The van der Waals surface area contributed by atoms with E-state index < -0.39 is 0 Å². The van der Waals surface area contributed by atoms with Crippen LogP contribution in [0.4, 0.5) is 5.95 Å². The molecule has 0 aliphatic carbocycles.